The van der Waals surface area contributed by atoms with Crippen LogP contribution in [0.5, 0.6) is 0 Å². The van der Waals surface area contributed by atoms with Gasteiger partial charge in [-0.1, -0.05) is 0 Å². The smallest absolute Gasteiger partial charge is 0.235 e. The fourth-order valence-corrected chi connectivity index (χ4v) is 0.514. The molecular weight excluding hydrogens is 138 g/mol. The summed E-state index contributed by atoms with van der Waals surface area (Å²) in [4.78, 5) is 9.41. The van der Waals surface area contributed by atoms with E-state index in [-0.39, 0.29) is 13.0 Å². The molecule has 60 valence electrons. The minimum atomic E-state index is -1.04. The quantitative estimate of drug-likeness (QED) is 0.412. The highest BCUT2D eigenvalue weighted by Crippen LogP contribution is 2.00. The summed E-state index contributed by atoms with van der Waals surface area (Å²) in [7, 11) is 0. The summed E-state index contributed by atoms with van der Waals surface area (Å²) < 4.78 is 0. The molecule has 5 heteroatoms. The predicted molar refractivity (Wildman–Crippen MR) is 34.2 cm³/mol. The standard InChI is InChI=1S/C5H11NO4/c1-4(6(9)10)5(8)2-3-7/h4-5,7-8H,2-3H2,1H3. The molecule has 0 rings (SSSR count). The van der Waals surface area contributed by atoms with Crippen LogP contribution in [-0.2, 0) is 0 Å². The van der Waals surface area contributed by atoms with Crippen LogP contribution in [0.15, 0.2) is 0 Å². The summed E-state index contributed by atoms with van der Waals surface area (Å²) >= 11 is 0. The molecule has 0 bridgehead atoms. The van der Waals surface area contributed by atoms with Gasteiger partial charge in [0.05, 0.1) is 0 Å². The number of hydrogen-bond acceptors (Lipinski definition) is 4. The van der Waals surface area contributed by atoms with E-state index in [1.54, 1.807) is 0 Å². The summed E-state index contributed by atoms with van der Waals surface area (Å²) in [5.74, 6) is 0. The van der Waals surface area contributed by atoms with Crippen LogP contribution < -0.4 is 0 Å². The molecule has 0 heterocycles. The van der Waals surface area contributed by atoms with Gasteiger partial charge in [0.25, 0.3) is 0 Å². The van der Waals surface area contributed by atoms with Crippen molar-refractivity contribution < 1.29 is 15.1 Å². The van der Waals surface area contributed by atoms with Gasteiger partial charge in [0.15, 0.2) is 0 Å². The Morgan fingerprint density at radius 2 is 2.20 bits per heavy atom. The maximum Gasteiger partial charge on any atom is 0.235 e. The normalized spacial score (nSPS) is 16.3. The van der Waals surface area contributed by atoms with Crippen LogP contribution >= 0.6 is 0 Å². The van der Waals surface area contributed by atoms with Gasteiger partial charge in [-0.3, -0.25) is 10.1 Å². The fraction of sp³-hybridized carbons (Fsp3) is 1.00. The van der Waals surface area contributed by atoms with E-state index in [1.165, 1.54) is 6.92 Å². The average molecular weight is 149 g/mol. The van der Waals surface area contributed by atoms with Crippen molar-refractivity contribution in [1.82, 2.24) is 0 Å². The molecule has 2 unspecified atom stereocenters. The minimum Gasteiger partial charge on any atom is -0.396 e. The number of nitrogens with zero attached hydrogens (tertiary/aromatic N) is 1. The van der Waals surface area contributed by atoms with Crippen molar-refractivity contribution in [3.05, 3.63) is 10.1 Å². The Bertz CT molecular complexity index is 116. The van der Waals surface area contributed by atoms with Crippen LogP contribution in [0.25, 0.3) is 0 Å². The average Bonchev–Trinajstić information content (AvgIpc) is 1.87. The molecule has 0 amide bonds. The molecule has 0 saturated carbocycles. The van der Waals surface area contributed by atoms with E-state index in [0.717, 1.165) is 0 Å². The third kappa shape index (κ3) is 2.75. The first-order chi connectivity index (χ1) is 4.59. The van der Waals surface area contributed by atoms with Crippen LogP contribution in [0.4, 0.5) is 0 Å². The fourth-order valence-electron chi connectivity index (χ4n) is 0.514. The first-order valence-corrected chi connectivity index (χ1v) is 3.02. The lowest BCUT2D eigenvalue weighted by molar-refractivity contribution is -0.530. The van der Waals surface area contributed by atoms with Crippen molar-refractivity contribution in [3.63, 3.8) is 0 Å². The zero-order valence-electron chi connectivity index (χ0n) is 5.73. The Hall–Kier alpha value is -0.680. The van der Waals surface area contributed by atoms with E-state index in [9.17, 15) is 10.1 Å². The predicted octanol–water partition coefficient (Wildman–Crippen LogP) is -0.605. The summed E-state index contributed by atoms with van der Waals surface area (Å²) in [6, 6.07) is -0.993. The lowest BCUT2D eigenvalue weighted by atomic mass is 10.1. The van der Waals surface area contributed by atoms with Crippen molar-refractivity contribution in [3.8, 4) is 0 Å². The monoisotopic (exact) mass is 149 g/mol. The van der Waals surface area contributed by atoms with Crippen LogP contribution in [0, 0.1) is 10.1 Å². The van der Waals surface area contributed by atoms with E-state index in [0.29, 0.717) is 0 Å². The number of nitro groups is 1. The highest BCUT2D eigenvalue weighted by molar-refractivity contribution is 4.61. The molecule has 0 radical (unpaired) electrons. The van der Waals surface area contributed by atoms with Gasteiger partial charge in [0.1, 0.15) is 6.10 Å². The molecule has 10 heavy (non-hydrogen) atoms. The summed E-state index contributed by atoms with van der Waals surface area (Å²) in [6.45, 7) is 1.08. The van der Waals surface area contributed by atoms with Gasteiger partial charge in [-0.15, -0.1) is 0 Å². The number of hydrogen-bond donors (Lipinski definition) is 2. The minimum absolute atomic E-state index is 0.0577. The summed E-state index contributed by atoms with van der Waals surface area (Å²) in [5, 5.41) is 27.2. The molecule has 0 saturated heterocycles. The number of aliphatic hydroxyl groups excluding tert-OH is 2. The van der Waals surface area contributed by atoms with Gasteiger partial charge in [-0.2, -0.15) is 0 Å². The lowest BCUT2D eigenvalue weighted by Crippen LogP contribution is -2.31. The van der Waals surface area contributed by atoms with Crippen LogP contribution in [-0.4, -0.2) is 33.9 Å². The van der Waals surface area contributed by atoms with E-state index in [2.05, 4.69) is 0 Å². The zero-order chi connectivity index (χ0) is 8.15. The molecule has 2 atom stereocenters. The van der Waals surface area contributed by atoms with E-state index < -0.39 is 17.1 Å². The lowest BCUT2D eigenvalue weighted by Gasteiger charge is -2.09. The largest absolute Gasteiger partial charge is 0.396 e. The maximum absolute atomic E-state index is 9.98. The van der Waals surface area contributed by atoms with Crippen molar-refractivity contribution in [2.45, 2.75) is 25.5 Å². The first-order valence-electron chi connectivity index (χ1n) is 3.02. The number of aliphatic hydroxyl groups is 2. The van der Waals surface area contributed by atoms with E-state index >= 15 is 0 Å². The van der Waals surface area contributed by atoms with Gasteiger partial charge >= 0.3 is 0 Å². The van der Waals surface area contributed by atoms with Crippen LogP contribution in [0.1, 0.15) is 13.3 Å². The molecule has 5 nitrogen and oxygen atoms in total. The second-order valence-electron chi connectivity index (χ2n) is 2.11. The SMILES string of the molecule is CC(C(O)CCO)[N+](=O)[O-]. The van der Waals surface area contributed by atoms with Gasteiger partial charge in [0.2, 0.25) is 6.04 Å². The van der Waals surface area contributed by atoms with Crippen molar-refractivity contribution in [2.75, 3.05) is 6.61 Å². The Morgan fingerprint density at radius 3 is 2.50 bits per heavy atom. The van der Waals surface area contributed by atoms with Crippen LogP contribution in [0.2, 0.25) is 0 Å². The van der Waals surface area contributed by atoms with Crippen molar-refractivity contribution in [2.24, 2.45) is 0 Å². The molecule has 0 spiro atoms. The molecule has 0 aromatic heterocycles. The summed E-state index contributed by atoms with van der Waals surface area (Å²) in [6.07, 6.45) is -0.984. The van der Waals surface area contributed by atoms with Gasteiger partial charge in [-0.25, -0.2) is 0 Å². The first kappa shape index (κ1) is 9.32. The topological polar surface area (TPSA) is 83.6 Å². The molecule has 0 fully saturated rings. The maximum atomic E-state index is 9.98. The molecular formula is C5H11NO4. The zero-order valence-corrected chi connectivity index (χ0v) is 5.73. The second-order valence-corrected chi connectivity index (χ2v) is 2.11. The molecule has 0 aliphatic rings. The Balaban J connectivity index is 3.69. The molecule has 0 aliphatic heterocycles. The molecule has 0 aromatic rings. The van der Waals surface area contributed by atoms with Crippen molar-refractivity contribution in [1.29, 1.82) is 0 Å². The second kappa shape index (κ2) is 4.19. The van der Waals surface area contributed by atoms with Gasteiger partial charge in [0, 0.05) is 24.9 Å². The molecule has 0 aliphatic carbocycles. The molecule has 2 N–H and O–H groups in total. The van der Waals surface area contributed by atoms with Crippen LogP contribution in [0.3, 0.4) is 0 Å². The summed E-state index contributed by atoms with van der Waals surface area (Å²) in [5.41, 5.74) is 0. The van der Waals surface area contributed by atoms with Gasteiger partial charge in [-0.05, 0) is 0 Å². The third-order valence-electron chi connectivity index (χ3n) is 1.31. The Kier molecular flexibility index (Phi) is 3.90. The molecule has 0 aromatic carbocycles. The highest BCUT2D eigenvalue weighted by Gasteiger charge is 2.22. The van der Waals surface area contributed by atoms with E-state index in [1.807, 2.05) is 0 Å². The third-order valence-corrected chi connectivity index (χ3v) is 1.31. The Morgan fingerprint density at radius 1 is 1.70 bits per heavy atom. The number of rotatable bonds is 4. The highest BCUT2D eigenvalue weighted by atomic mass is 16.6. The van der Waals surface area contributed by atoms with Crippen molar-refractivity contribution >= 4 is 0 Å². The van der Waals surface area contributed by atoms with E-state index in [4.69, 9.17) is 10.2 Å². The Labute approximate surface area is 58.4 Å². The van der Waals surface area contributed by atoms with Gasteiger partial charge < -0.3 is 10.2 Å².